The number of hydrogen-bond donors (Lipinski definition) is 3. The number of phenolic OH excluding ortho intramolecular Hbond substituents is 1. The molecule has 0 unspecified atom stereocenters. The summed E-state index contributed by atoms with van der Waals surface area (Å²) in [5, 5.41) is 21.5. The fraction of sp³-hybridized carbons (Fsp3) is 0.333. The van der Waals surface area contributed by atoms with Gasteiger partial charge < -0.3 is 19.9 Å². The standard InChI is InChI=1S/C21H22N6O3/c1-12-19(21-23-17(26-30-21)10-13-2-4-15(28)5-3-13)20-24-18(29)11-16(27(20)25-12)14-6-8-22-9-7-14/h2-5,11,14,22,28H,6-10H2,1H3,(H,24,29). The summed E-state index contributed by atoms with van der Waals surface area (Å²) in [5.74, 6) is 1.33. The molecule has 0 bridgehead atoms. The topological polar surface area (TPSA) is 121 Å². The van der Waals surface area contributed by atoms with Crippen molar-refractivity contribution in [2.45, 2.75) is 32.1 Å². The molecule has 3 aromatic heterocycles. The monoisotopic (exact) mass is 406 g/mol. The number of benzene rings is 1. The highest BCUT2D eigenvalue weighted by molar-refractivity contribution is 5.74. The zero-order chi connectivity index (χ0) is 20.7. The van der Waals surface area contributed by atoms with E-state index in [0.717, 1.165) is 37.2 Å². The molecule has 0 aliphatic carbocycles. The molecule has 0 atom stereocenters. The van der Waals surface area contributed by atoms with Gasteiger partial charge in [-0.15, -0.1) is 0 Å². The predicted molar refractivity (Wildman–Crippen MR) is 110 cm³/mol. The average molecular weight is 406 g/mol. The van der Waals surface area contributed by atoms with Crippen LogP contribution in [0.1, 0.15) is 41.5 Å². The maximum absolute atomic E-state index is 12.4. The highest BCUT2D eigenvalue weighted by Gasteiger charge is 2.24. The summed E-state index contributed by atoms with van der Waals surface area (Å²) in [5.41, 5.74) is 3.64. The minimum atomic E-state index is -0.166. The first kappa shape index (κ1) is 18.6. The van der Waals surface area contributed by atoms with Crippen molar-refractivity contribution in [3.8, 4) is 17.2 Å². The van der Waals surface area contributed by atoms with E-state index in [9.17, 15) is 9.90 Å². The Morgan fingerprint density at radius 1 is 1.23 bits per heavy atom. The molecule has 1 fully saturated rings. The van der Waals surface area contributed by atoms with Crippen LogP contribution in [0, 0.1) is 6.92 Å². The lowest BCUT2D eigenvalue weighted by Crippen LogP contribution is -2.28. The van der Waals surface area contributed by atoms with Gasteiger partial charge in [-0.1, -0.05) is 17.3 Å². The van der Waals surface area contributed by atoms with E-state index in [0.29, 0.717) is 35.0 Å². The van der Waals surface area contributed by atoms with Gasteiger partial charge in [-0.2, -0.15) is 10.1 Å². The van der Waals surface area contributed by atoms with Crippen molar-refractivity contribution in [3.63, 3.8) is 0 Å². The van der Waals surface area contributed by atoms with Gasteiger partial charge in [0.15, 0.2) is 5.82 Å². The number of H-pyrrole nitrogens is 1. The molecule has 0 amide bonds. The molecular formula is C21H22N6O3. The van der Waals surface area contributed by atoms with Crippen molar-refractivity contribution in [3.05, 3.63) is 63.5 Å². The fourth-order valence-corrected chi connectivity index (χ4v) is 4.07. The van der Waals surface area contributed by atoms with Gasteiger partial charge in [-0.05, 0) is 50.6 Å². The molecule has 9 nitrogen and oxygen atoms in total. The molecule has 154 valence electrons. The third-order valence-electron chi connectivity index (χ3n) is 5.56. The largest absolute Gasteiger partial charge is 0.508 e. The lowest BCUT2D eigenvalue weighted by molar-refractivity contribution is 0.424. The van der Waals surface area contributed by atoms with Crippen molar-refractivity contribution < 1.29 is 9.63 Å². The quantitative estimate of drug-likeness (QED) is 0.475. The second-order valence-corrected chi connectivity index (χ2v) is 7.66. The van der Waals surface area contributed by atoms with Crippen molar-refractivity contribution in [1.29, 1.82) is 0 Å². The number of piperidine rings is 1. The number of aromatic nitrogens is 5. The third kappa shape index (κ3) is 3.37. The normalized spacial score (nSPS) is 15.1. The Morgan fingerprint density at radius 2 is 2.00 bits per heavy atom. The number of aryl methyl sites for hydroxylation is 1. The Kier molecular flexibility index (Phi) is 4.59. The Hall–Kier alpha value is -3.46. The molecule has 5 rings (SSSR count). The molecule has 0 saturated carbocycles. The summed E-state index contributed by atoms with van der Waals surface area (Å²) >= 11 is 0. The molecular weight excluding hydrogens is 384 g/mol. The molecule has 30 heavy (non-hydrogen) atoms. The van der Waals surface area contributed by atoms with Crippen molar-refractivity contribution in [2.75, 3.05) is 13.1 Å². The van der Waals surface area contributed by atoms with Crippen LogP contribution in [0.2, 0.25) is 0 Å². The SMILES string of the molecule is Cc1nn2c(C3CCNCC3)cc(=O)[nH]c2c1-c1nc(Cc2ccc(O)cc2)no1. The number of nitrogens with one attached hydrogen (secondary N) is 2. The Labute approximate surface area is 171 Å². The summed E-state index contributed by atoms with van der Waals surface area (Å²) in [6.07, 6.45) is 2.40. The molecule has 4 aromatic rings. The van der Waals surface area contributed by atoms with Crippen LogP contribution in [-0.4, -0.2) is 42.9 Å². The first-order valence-electron chi connectivity index (χ1n) is 10.0. The molecule has 9 heteroatoms. The number of fused-ring (bicyclic) bond motifs is 1. The number of phenols is 1. The average Bonchev–Trinajstić information content (AvgIpc) is 3.33. The van der Waals surface area contributed by atoms with E-state index in [4.69, 9.17) is 4.52 Å². The molecule has 1 saturated heterocycles. The van der Waals surface area contributed by atoms with Gasteiger partial charge in [0.05, 0.1) is 11.4 Å². The van der Waals surface area contributed by atoms with Gasteiger partial charge in [0.2, 0.25) is 0 Å². The van der Waals surface area contributed by atoms with E-state index in [2.05, 4.69) is 25.5 Å². The number of aromatic hydroxyl groups is 1. The zero-order valence-corrected chi connectivity index (χ0v) is 16.6. The van der Waals surface area contributed by atoms with Crippen molar-refractivity contribution in [2.24, 2.45) is 0 Å². The van der Waals surface area contributed by atoms with Crippen molar-refractivity contribution in [1.82, 2.24) is 30.1 Å². The van der Waals surface area contributed by atoms with Crippen LogP contribution >= 0.6 is 0 Å². The van der Waals surface area contributed by atoms with E-state index in [1.807, 2.05) is 23.6 Å². The zero-order valence-electron chi connectivity index (χ0n) is 16.6. The van der Waals surface area contributed by atoms with E-state index < -0.39 is 0 Å². The Morgan fingerprint density at radius 3 is 2.77 bits per heavy atom. The number of rotatable bonds is 4. The van der Waals surface area contributed by atoms with Crippen LogP contribution in [0.15, 0.2) is 39.6 Å². The highest BCUT2D eigenvalue weighted by Crippen LogP contribution is 2.30. The summed E-state index contributed by atoms with van der Waals surface area (Å²) in [4.78, 5) is 19.8. The van der Waals surface area contributed by atoms with Crippen molar-refractivity contribution >= 4 is 5.65 Å². The van der Waals surface area contributed by atoms with E-state index in [1.54, 1.807) is 18.2 Å². The van der Waals surface area contributed by atoms with E-state index >= 15 is 0 Å². The number of hydrogen-bond acceptors (Lipinski definition) is 7. The van der Waals surface area contributed by atoms with Gasteiger partial charge >= 0.3 is 0 Å². The van der Waals surface area contributed by atoms with E-state index in [-0.39, 0.29) is 17.2 Å². The molecule has 1 aliphatic heterocycles. The second-order valence-electron chi connectivity index (χ2n) is 7.66. The molecule has 0 radical (unpaired) electrons. The van der Waals surface area contributed by atoms with Gasteiger partial charge in [0.1, 0.15) is 17.0 Å². The lowest BCUT2D eigenvalue weighted by atomic mass is 9.94. The van der Waals surface area contributed by atoms with Gasteiger partial charge in [0.25, 0.3) is 11.4 Å². The molecule has 4 heterocycles. The molecule has 1 aromatic carbocycles. The highest BCUT2D eigenvalue weighted by atomic mass is 16.5. The Bertz CT molecular complexity index is 1250. The van der Waals surface area contributed by atoms with Crippen LogP contribution in [-0.2, 0) is 6.42 Å². The smallest absolute Gasteiger partial charge is 0.263 e. The van der Waals surface area contributed by atoms with Crippen LogP contribution in [0.4, 0.5) is 0 Å². The first-order chi connectivity index (χ1) is 14.6. The van der Waals surface area contributed by atoms with Crippen LogP contribution in [0.3, 0.4) is 0 Å². The van der Waals surface area contributed by atoms with Crippen LogP contribution in [0.5, 0.6) is 5.75 Å². The van der Waals surface area contributed by atoms with Gasteiger partial charge in [-0.3, -0.25) is 4.79 Å². The minimum absolute atomic E-state index is 0.166. The summed E-state index contributed by atoms with van der Waals surface area (Å²) in [7, 11) is 0. The van der Waals surface area contributed by atoms with Crippen LogP contribution < -0.4 is 10.9 Å². The summed E-state index contributed by atoms with van der Waals surface area (Å²) in [6, 6.07) is 8.52. The third-order valence-corrected chi connectivity index (χ3v) is 5.56. The number of nitrogens with zero attached hydrogens (tertiary/aromatic N) is 4. The first-order valence-corrected chi connectivity index (χ1v) is 10.0. The molecule has 3 N–H and O–H groups in total. The summed E-state index contributed by atoms with van der Waals surface area (Å²) in [6.45, 7) is 3.73. The lowest BCUT2D eigenvalue weighted by Gasteiger charge is -2.23. The fourth-order valence-electron chi connectivity index (χ4n) is 4.07. The van der Waals surface area contributed by atoms with E-state index in [1.165, 1.54) is 0 Å². The minimum Gasteiger partial charge on any atom is -0.508 e. The van der Waals surface area contributed by atoms with Gasteiger partial charge in [-0.25, -0.2) is 4.52 Å². The molecule has 0 spiro atoms. The molecule has 1 aliphatic rings. The second kappa shape index (κ2) is 7.42. The van der Waals surface area contributed by atoms with Gasteiger partial charge in [0, 0.05) is 18.4 Å². The Balaban J connectivity index is 1.54. The van der Waals surface area contributed by atoms with Crippen LogP contribution in [0.25, 0.3) is 17.1 Å². The maximum atomic E-state index is 12.4. The summed E-state index contributed by atoms with van der Waals surface area (Å²) < 4.78 is 7.33. The number of aromatic amines is 1. The predicted octanol–water partition coefficient (Wildman–Crippen LogP) is 2.14. The maximum Gasteiger partial charge on any atom is 0.263 e.